The molecule has 96 valence electrons. The summed E-state index contributed by atoms with van der Waals surface area (Å²) in [6.45, 7) is 3.95. The number of nitrogens with zero attached hydrogens (tertiary/aromatic N) is 4. The minimum absolute atomic E-state index is 0.828. The minimum atomic E-state index is 0.828. The molecule has 0 N–H and O–H groups in total. The van der Waals surface area contributed by atoms with Crippen LogP contribution in [0.5, 0.6) is 0 Å². The van der Waals surface area contributed by atoms with Gasteiger partial charge in [-0.1, -0.05) is 6.07 Å². The summed E-state index contributed by atoms with van der Waals surface area (Å²) in [5, 5.41) is 0. The summed E-state index contributed by atoms with van der Waals surface area (Å²) in [4.78, 5) is 13.2. The first kappa shape index (κ1) is 11.8. The van der Waals surface area contributed by atoms with Gasteiger partial charge in [0.15, 0.2) is 0 Å². The molecule has 4 heteroatoms. The fourth-order valence-corrected chi connectivity index (χ4v) is 2.22. The number of aryl methyl sites for hydroxylation is 4. The molecular formula is C15H16N4. The van der Waals surface area contributed by atoms with Crippen molar-refractivity contribution in [2.75, 3.05) is 0 Å². The molecule has 0 saturated carbocycles. The molecular weight excluding hydrogens is 236 g/mol. The Hall–Kier alpha value is -2.23. The first-order valence-corrected chi connectivity index (χ1v) is 6.44. The zero-order valence-electron chi connectivity index (χ0n) is 11.2. The van der Waals surface area contributed by atoms with Crippen LogP contribution in [0.1, 0.15) is 22.8 Å². The van der Waals surface area contributed by atoms with E-state index in [0.29, 0.717) is 0 Å². The molecule has 0 unspecified atom stereocenters. The Kier molecular flexibility index (Phi) is 2.99. The highest BCUT2D eigenvalue weighted by Gasteiger charge is 2.05. The number of aromatic nitrogens is 4. The van der Waals surface area contributed by atoms with Gasteiger partial charge in [0.2, 0.25) is 0 Å². The average molecular weight is 252 g/mol. The first-order valence-electron chi connectivity index (χ1n) is 6.44. The highest BCUT2D eigenvalue weighted by molar-refractivity contribution is 5.39. The first-order chi connectivity index (χ1) is 9.22. The van der Waals surface area contributed by atoms with E-state index in [1.807, 2.05) is 48.8 Å². The van der Waals surface area contributed by atoms with Crippen molar-refractivity contribution in [3.8, 4) is 0 Å². The predicted octanol–water partition coefficient (Wildman–Crippen LogP) is 2.53. The van der Waals surface area contributed by atoms with E-state index in [9.17, 15) is 0 Å². The van der Waals surface area contributed by atoms with Gasteiger partial charge < -0.3 is 4.40 Å². The van der Waals surface area contributed by atoms with Crippen LogP contribution >= 0.6 is 0 Å². The van der Waals surface area contributed by atoms with E-state index in [4.69, 9.17) is 0 Å². The van der Waals surface area contributed by atoms with Crippen LogP contribution in [0.3, 0.4) is 0 Å². The number of imidazole rings is 1. The van der Waals surface area contributed by atoms with Crippen LogP contribution in [0.2, 0.25) is 0 Å². The fourth-order valence-electron chi connectivity index (χ4n) is 2.22. The van der Waals surface area contributed by atoms with Crippen molar-refractivity contribution in [2.45, 2.75) is 26.7 Å². The van der Waals surface area contributed by atoms with Gasteiger partial charge in [0.1, 0.15) is 11.5 Å². The second kappa shape index (κ2) is 4.80. The molecule has 0 aromatic carbocycles. The summed E-state index contributed by atoms with van der Waals surface area (Å²) in [7, 11) is 0. The fraction of sp³-hybridized carbons (Fsp3) is 0.267. The third-order valence-electron chi connectivity index (χ3n) is 3.27. The molecule has 0 bridgehead atoms. The molecule has 0 aliphatic heterocycles. The van der Waals surface area contributed by atoms with Gasteiger partial charge in [-0.3, -0.25) is 0 Å². The van der Waals surface area contributed by atoms with Gasteiger partial charge in [-0.25, -0.2) is 15.0 Å². The third-order valence-corrected chi connectivity index (χ3v) is 3.27. The highest BCUT2D eigenvalue weighted by Crippen LogP contribution is 2.10. The largest absolute Gasteiger partial charge is 0.307 e. The maximum Gasteiger partial charge on any atom is 0.136 e. The molecule has 3 heterocycles. The third kappa shape index (κ3) is 2.47. The molecule has 0 fully saturated rings. The summed E-state index contributed by atoms with van der Waals surface area (Å²) in [5.74, 6) is 0.828. The maximum absolute atomic E-state index is 4.60. The topological polar surface area (TPSA) is 43.1 Å². The second-order valence-corrected chi connectivity index (χ2v) is 4.73. The lowest BCUT2D eigenvalue weighted by Gasteiger charge is -2.03. The van der Waals surface area contributed by atoms with Crippen molar-refractivity contribution < 1.29 is 0 Å². The number of hydrogen-bond acceptors (Lipinski definition) is 3. The number of hydrogen-bond donors (Lipinski definition) is 0. The number of rotatable bonds is 3. The van der Waals surface area contributed by atoms with Crippen LogP contribution in [0.4, 0.5) is 0 Å². The molecule has 0 aliphatic carbocycles. The van der Waals surface area contributed by atoms with Crippen molar-refractivity contribution in [1.29, 1.82) is 0 Å². The zero-order chi connectivity index (χ0) is 13.2. The molecule has 0 spiro atoms. The van der Waals surface area contributed by atoms with Crippen molar-refractivity contribution in [2.24, 2.45) is 0 Å². The molecule has 3 aromatic heterocycles. The summed E-state index contributed by atoms with van der Waals surface area (Å²) >= 11 is 0. The lowest BCUT2D eigenvalue weighted by atomic mass is 10.1. The van der Waals surface area contributed by atoms with E-state index >= 15 is 0 Å². The molecule has 0 aliphatic rings. The SMILES string of the molecule is Cc1ncc(CCc2cn3ccccc3n2)c(C)n1. The van der Waals surface area contributed by atoms with E-state index in [1.165, 1.54) is 5.56 Å². The Morgan fingerprint density at radius 2 is 2.00 bits per heavy atom. The zero-order valence-corrected chi connectivity index (χ0v) is 11.2. The summed E-state index contributed by atoms with van der Waals surface area (Å²) < 4.78 is 2.05. The molecule has 0 amide bonds. The van der Waals surface area contributed by atoms with Crippen LogP contribution in [-0.2, 0) is 12.8 Å². The van der Waals surface area contributed by atoms with Crippen LogP contribution in [0, 0.1) is 13.8 Å². The van der Waals surface area contributed by atoms with Crippen LogP contribution < -0.4 is 0 Å². The van der Waals surface area contributed by atoms with E-state index in [-0.39, 0.29) is 0 Å². The molecule has 19 heavy (non-hydrogen) atoms. The molecule has 3 aromatic rings. The number of fused-ring (bicyclic) bond motifs is 1. The Morgan fingerprint density at radius 1 is 1.11 bits per heavy atom. The monoisotopic (exact) mass is 252 g/mol. The van der Waals surface area contributed by atoms with Gasteiger partial charge in [-0.15, -0.1) is 0 Å². The van der Waals surface area contributed by atoms with Gasteiger partial charge in [-0.05, 0) is 44.4 Å². The maximum atomic E-state index is 4.60. The summed E-state index contributed by atoms with van der Waals surface area (Å²) in [6.07, 6.45) is 7.87. The molecule has 4 nitrogen and oxygen atoms in total. The summed E-state index contributed by atoms with van der Waals surface area (Å²) in [6, 6.07) is 6.03. The van der Waals surface area contributed by atoms with Gasteiger partial charge >= 0.3 is 0 Å². The van der Waals surface area contributed by atoms with Crippen molar-refractivity contribution in [3.63, 3.8) is 0 Å². The van der Waals surface area contributed by atoms with Crippen molar-refractivity contribution in [3.05, 3.63) is 59.6 Å². The van der Waals surface area contributed by atoms with Gasteiger partial charge in [0.05, 0.1) is 5.69 Å². The number of pyridine rings is 1. The van der Waals surface area contributed by atoms with Gasteiger partial charge in [-0.2, -0.15) is 0 Å². The smallest absolute Gasteiger partial charge is 0.136 e. The normalized spacial score (nSPS) is 11.1. The highest BCUT2D eigenvalue weighted by atomic mass is 15.0. The molecule has 0 saturated heterocycles. The molecule has 0 atom stereocenters. The van der Waals surface area contributed by atoms with Crippen LogP contribution in [0.25, 0.3) is 5.65 Å². The van der Waals surface area contributed by atoms with E-state index in [0.717, 1.165) is 35.7 Å². The van der Waals surface area contributed by atoms with Gasteiger partial charge in [0, 0.05) is 24.3 Å². The summed E-state index contributed by atoms with van der Waals surface area (Å²) in [5.41, 5.74) is 4.36. The Morgan fingerprint density at radius 3 is 2.79 bits per heavy atom. The van der Waals surface area contributed by atoms with Crippen molar-refractivity contribution in [1.82, 2.24) is 19.4 Å². The predicted molar refractivity (Wildman–Crippen MR) is 74.1 cm³/mol. The Bertz CT molecular complexity index is 682. The second-order valence-electron chi connectivity index (χ2n) is 4.73. The van der Waals surface area contributed by atoms with E-state index < -0.39 is 0 Å². The van der Waals surface area contributed by atoms with E-state index in [2.05, 4.69) is 21.1 Å². The minimum Gasteiger partial charge on any atom is -0.307 e. The van der Waals surface area contributed by atoms with Gasteiger partial charge in [0.25, 0.3) is 0 Å². The molecule has 3 rings (SSSR count). The van der Waals surface area contributed by atoms with Crippen molar-refractivity contribution >= 4 is 5.65 Å². The molecule has 0 radical (unpaired) electrons. The van der Waals surface area contributed by atoms with Crippen LogP contribution in [-0.4, -0.2) is 19.4 Å². The Labute approximate surface area is 112 Å². The standard InChI is InChI=1S/C15H16N4/c1-11-13(9-16-12(2)17-11)6-7-14-10-19-8-4-3-5-15(19)18-14/h3-5,8-10H,6-7H2,1-2H3. The average Bonchev–Trinajstić information content (AvgIpc) is 2.80. The Balaban J connectivity index is 1.78. The quantitative estimate of drug-likeness (QED) is 0.719. The lowest BCUT2D eigenvalue weighted by Crippen LogP contribution is -2.00. The van der Waals surface area contributed by atoms with E-state index in [1.54, 1.807) is 0 Å². The lowest BCUT2D eigenvalue weighted by molar-refractivity contribution is 0.875. The van der Waals surface area contributed by atoms with Crippen LogP contribution in [0.15, 0.2) is 36.8 Å².